The maximum atomic E-state index is 4.93. The number of hydrogen-bond donors (Lipinski definition) is 0. The van der Waals surface area contributed by atoms with Gasteiger partial charge in [0.1, 0.15) is 22.7 Å². The number of rotatable bonds is 5. The topological polar surface area (TPSA) is 63.0 Å². The van der Waals surface area contributed by atoms with Gasteiger partial charge in [-0.15, -0.1) is 16.4 Å². The van der Waals surface area contributed by atoms with Crippen molar-refractivity contribution in [2.45, 2.75) is 46.0 Å². The maximum Gasteiger partial charge on any atom is 0.138 e. The van der Waals surface area contributed by atoms with E-state index in [2.05, 4.69) is 45.7 Å². The van der Waals surface area contributed by atoms with Gasteiger partial charge in [-0.1, -0.05) is 0 Å². The van der Waals surface area contributed by atoms with Crippen LogP contribution in [-0.4, -0.2) is 62.5 Å². The molecule has 2 aliphatic carbocycles. The first-order valence-electron chi connectivity index (χ1n) is 12.4. The van der Waals surface area contributed by atoms with Crippen molar-refractivity contribution in [3.8, 4) is 22.0 Å². The Labute approximate surface area is 204 Å². The van der Waals surface area contributed by atoms with Crippen LogP contribution in [0.4, 0.5) is 0 Å². The number of thiazole rings is 1. The molecule has 4 heterocycles. The molecular formula is C26H31N7S. The first kappa shape index (κ1) is 21.7. The average Bonchev–Trinajstić information content (AvgIpc) is 3.39. The summed E-state index contributed by atoms with van der Waals surface area (Å²) in [5, 5.41) is 8.30. The fourth-order valence-corrected chi connectivity index (χ4v) is 6.38. The Bertz CT molecular complexity index is 1230. The summed E-state index contributed by atoms with van der Waals surface area (Å²) in [5.41, 5.74) is 8.94. The number of piperazine rings is 1. The Morgan fingerprint density at radius 3 is 2.47 bits per heavy atom. The molecule has 2 aromatic heterocycles. The summed E-state index contributed by atoms with van der Waals surface area (Å²) >= 11 is 1.80. The predicted molar refractivity (Wildman–Crippen MR) is 136 cm³/mol. The lowest BCUT2D eigenvalue weighted by Crippen LogP contribution is -2.52. The van der Waals surface area contributed by atoms with Crippen LogP contribution >= 0.6 is 11.3 Å². The third kappa shape index (κ3) is 3.88. The molecule has 1 saturated heterocycles. The highest BCUT2D eigenvalue weighted by molar-refractivity contribution is 7.15. The summed E-state index contributed by atoms with van der Waals surface area (Å²) < 4.78 is 0. The monoisotopic (exact) mass is 473 g/mol. The first-order valence-corrected chi connectivity index (χ1v) is 13.2. The highest BCUT2D eigenvalue weighted by Gasteiger charge is 2.33. The van der Waals surface area contributed by atoms with Crippen molar-refractivity contribution >= 4 is 11.3 Å². The normalized spacial score (nSPS) is 16.8. The standard InChI is InChI=1S/C26H31N7S/c1-18-19(2)34-26(30-18)23-21-5-3-4-6-22(21)25-24(23)28-17-29-33(25)32-15-13-31(14-16-32)12-9-20-7-10-27-11-8-20/h7-8,10-11,17H,3-6,9,12-16H2,1-2H3. The van der Waals surface area contributed by atoms with Gasteiger partial charge < -0.3 is 0 Å². The summed E-state index contributed by atoms with van der Waals surface area (Å²) in [5.74, 6) is 0. The SMILES string of the molecule is Cc1nc(-c2c3ncnn(N4CCN(CCc5ccncc5)CC4)c-3c3c2CCCC3)sc1C. The Morgan fingerprint density at radius 2 is 1.74 bits per heavy atom. The Morgan fingerprint density at radius 1 is 0.971 bits per heavy atom. The van der Waals surface area contributed by atoms with Crippen LogP contribution in [0, 0.1) is 13.8 Å². The fourth-order valence-electron chi connectivity index (χ4n) is 5.39. The van der Waals surface area contributed by atoms with E-state index in [-0.39, 0.29) is 0 Å². The molecule has 0 atom stereocenters. The zero-order chi connectivity index (χ0) is 23.1. The summed E-state index contributed by atoms with van der Waals surface area (Å²) in [6.45, 7) is 9.39. The molecule has 2 aliphatic heterocycles. The van der Waals surface area contributed by atoms with Crippen molar-refractivity contribution in [2.75, 3.05) is 37.7 Å². The number of aromatic nitrogens is 5. The number of aryl methyl sites for hydroxylation is 2. The molecule has 34 heavy (non-hydrogen) atoms. The van der Waals surface area contributed by atoms with Crippen molar-refractivity contribution in [1.29, 1.82) is 0 Å². The lowest BCUT2D eigenvalue weighted by Gasteiger charge is -2.37. The molecule has 0 spiro atoms. The van der Waals surface area contributed by atoms with Crippen molar-refractivity contribution in [2.24, 2.45) is 0 Å². The van der Waals surface area contributed by atoms with Crippen LogP contribution in [0.1, 0.15) is 40.1 Å². The molecule has 0 radical (unpaired) electrons. The van der Waals surface area contributed by atoms with Gasteiger partial charge in [-0.3, -0.25) is 14.9 Å². The van der Waals surface area contributed by atoms with E-state index in [1.54, 1.807) is 17.7 Å². The summed E-state index contributed by atoms with van der Waals surface area (Å²) in [7, 11) is 0. The Balaban J connectivity index is 1.27. The second-order valence-electron chi connectivity index (χ2n) is 9.45. The zero-order valence-corrected chi connectivity index (χ0v) is 20.8. The van der Waals surface area contributed by atoms with Gasteiger partial charge in [-0.05, 0) is 74.8 Å². The Kier molecular flexibility index (Phi) is 5.79. The quantitative estimate of drug-likeness (QED) is 0.438. The zero-order valence-electron chi connectivity index (χ0n) is 20.0. The van der Waals surface area contributed by atoms with E-state index in [9.17, 15) is 0 Å². The van der Waals surface area contributed by atoms with Crippen LogP contribution in [0.2, 0.25) is 0 Å². The molecule has 0 N–H and O–H groups in total. The van der Waals surface area contributed by atoms with E-state index < -0.39 is 0 Å². The summed E-state index contributed by atoms with van der Waals surface area (Å²) in [4.78, 5) is 19.9. The third-order valence-electron chi connectivity index (χ3n) is 7.39. The maximum absolute atomic E-state index is 4.93. The van der Waals surface area contributed by atoms with E-state index in [0.29, 0.717) is 0 Å². The molecule has 7 nitrogen and oxygen atoms in total. The number of fused-ring (bicyclic) bond motifs is 3. The molecule has 0 amide bonds. The van der Waals surface area contributed by atoms with Crippen molar-refractivity contribution in [1.82, 2.24) is 29.7 Å². The van der Waals surface area contributed by atoms with E-state index in [4.69, 9.17) is 15.1 Å². The molecule has 0 unspecified atom stereocenters. The van der Waals surface area contributed by atoms with E-state index in [1.807, 2.05) is 12.4 Å². The van der Waals surface area contributed by atoms with Crippen molar-refractivity contribution < 1.29 is 0 Å². The van der Waals surface area contributed by atoms with Crippen molar-refractivity contribution in [3.05, 3.63) is 58.1 Å². The van der Waals surface area contributed by atoms with Gasteiger partial charge >= 0.3 is 0 Å². The minimum absolute atomic E-state index is 0.970. The predicted octanol–water partition coefficient (Wildman–Crippen LogP) is 3.89. The van der Waals surface area contributed by atoms with Crippen LogP contribution in [-0.2, 0) is 19.3 Å². The van der Waals surface area contributed by atoms with Gasteiger partial charge in [-0.2, -0.15) is 4.79 Å². The van der Waals surface area contributed by atoms with Gasteiger partial charge in [-0.25, -0.2) is 9.97 Å². The summed E-state index contributed by atoms with van der Waals surface area (Å²) in [6, 6.07) is 4.23. The molecule has 4 aliphatic rings. The van der Waals surface area contributed by atoms with Gasteiger partial charge in [0.05, 0.1) is 5.69 Å². The third-order valence-corrected chi connectivity index (χ3v) is 8.48. The molecule has 176 valence electrons. The van der Waals surface area contributed by atoms with Gasteiger partial charge in [0.2, 0.25) is 0 Å². The molecule has 8 heteroatoms. The van der Waals surface area contributed by atoms with Crippen LogP contribution in [0.5, 0.6) is 0 Å². The number of nitrogens with zero attached hydrogens (tertiary/aromatic N) is 7. The van der Waals surface area contributed by atoms with E-state index >= 15 is 0 Å². The molecule has 0 saturated carbocycles. The van der Waals surface area contributed by atoms with Crippen LogP contribution in [0.25, 0.3) is 22.0 Å². The minimum atomic E-state index is 0.970. The fraction of sp³-hybridized carbons (Fsp3) is 0.462. The van der Waals surface area contributed by atoms with Crippen LogP contribution in [0.3, 0.4) is 0 Å². The van der Waals surface area contributed by atoms with Gasteiger partial charge in [0, 0.05) is 55.6 Å². The molecule has 0 bridgehead atoms. The van der Waals surface area contributed by atoms with Crippen LogP contribution < -0.4 is 5.01 Å². The lowest BCUT2D eigenvalue weighted by atomic mass is 9.93. The molecule has 1 fully saturated rings. The minimum Gasteiger partial charge on any atom is -0.299 e. The molecular weight excluding hydrogens is 442 g/mol. The van der Waals surface area contributed by atoms with Gasteiger partial charge in [0.15, 0.2) is 0 Å². The highest BCUT2D eigenvalue weighted by atomic mass is 32.1. The van der Waals surface area contributed by atoms with E-state index in [1.165, 1.54) is 45.7 Å². The smallest absolute Gasteiger partial charge is 0.138 e. The van der Waals surface area contributed by atoms with Crippen molar-refractivity contribution in [3.63, 3.8) is 0 Å². The largest absolute Gasteiger partial charge is 0.299 e. The number of pyridine rings is 1. The van der Waals surface area contributed by atoms with E-state index in [0.717, 1.165) is 68.4 Å². The molecule has 6 rings (SSSR count). The van der Waals surface area contributed by atoms with Gasteiger partial charge in [0.25, 0.3) is 0 Å². The average molecular weight is 474 g/mol. The number of hydrogen-bond acceptors (Lipinski definition) is 7. The lowest BCUT2D eigenvalue weighted by molar-refractivity contribution is 0.237. The first-order chi connectivity index (χ1) is 16.7. The van der Waals surface area contributed by atoms with Crippen LogP contribution in [0.15, 0.2) is 30.9 Å². The Hall–Kier alpha value is -2.84. The second-order valence-corrected chi connectivity index (χ2v) is 10.7. The highest BCUT2D eigenvalue weighted by Crippen LogP contribution is 2.46. The second kappa shape index (κ2) is 9.07. The summed E-state index contributed by atoms with van der Waals surface area (Å²) in [6.07, 6.45) is 11.3. The molecule has 2 aromatic rings. The molecule has 0 aromatic carbocycles.